The molecule has 1 aromatic carbocycles. The summed E-state index contributed by atoms with van der Waals surface area (Å²) in [5.74, 6) is -0.531. The van der Waals surface area contributed by atoms with Crippen molar-refractivity contribution in [1.29, 1.82) is 5.26 Å². The van der Waals surface area contributed by atoms with Gasteiger partial charge in [0.05, 0.1) is 24.1 Å². The second kappa shape index (κ2) is 5.03. The van der Waals surface area contributed by atoms with Crippen molar-refractivity contribution in [3.8, 4) is 6.07 Å². The zero-order valence-corrected chi connectivity index (χ0v) is 8.89. The maximum atomic E-state index is 13.3. The highest BCUT2D eigenvalue weighted by atomic mass is 19.1. The number of halogens is 1. The summed E-state index contributed by atoms with van der Waals surface area (Å²) in [6.07, 6.45) is 4.76. The Morgan fingerprint density at radius 1 is 1.35 bits per heavy atom. The van der Waals surface area contributed by atoms with Crippen molar-refractivity contribution in [2.24, 2.45) is 0 Å². The molecule has 0 amide bonds. The third kappa shape index (κ3) is 2.55. The number of benzene rings is 1. The van der Waals surface area contributed by atoms with E-state index in [9.17, 15) is 4.39 Å². The Morgan fingerprint density at radius 2 is 2.24 bits per heavy atom. The molecule has 0 aliphatic carbocycles. The molecule has 0 saturated carbocycles. The molecule has 0 bridgehead atoms. The molecule has 2 aromatic rings. The molecular formula is C12H9FN4. The van der Waals surface area contributed by atoms with Crippen molar-refractivity contribution in [2.75, 3.05) is 5.32 Å². The number of hydrogen-bond acceptors (Lipinski definition) is 4. The van der Waals surface area contributed by atoms with E-state index in [1.165, 1.54) is 6.07 Å². The van der Waals surface area contributed by atoms with E-state index in [1.807, 2.05) is 6.07 Å². The quantitative estimate of drug-likeness (QED) is 0.873. The van der Waals surface area contributed by atoms with E-state index in [1.54, 1.807) is 30.7 Å². The van der Waals surface area contributed by atoms with Gasteiger partial charge in [-0.1, -0.05) is 6.07 Å². The van der Waals surface area contributed by atoms with Crippen molar-refractivity contribution >= 4 is 5.69 Å². The molecule has 1 aromatic heterocycles. The summed E-state index contributed by atoms with van der Waals surface area (Å²) in [7, 11) is 0. The van der Waals surface area contributed by atoms with Gasteiger partial charge in [0, 0.05) is 12.4 Å². The lowest BCUT2D eigenvalue weighted by Crippen LogP contribution is -2.04. The van der Waals surface area contributed by atoms with Crippen LogP contribution in [0.4, 0.5) is 10.1 Å². The van der Waals surface area contributed by atoms with Gasteiger partial charge < -0.3 is 5.32 Å². The number of rotatable bonds is 3. The lowest BCUT2D eigenvalue weighted by Gasteiger charge is -2.07. The van der Waals surface area contributed by atoms with Crippen LogP contribution in [0.15, 0.2) is 36.8 Å². The molecule has 0 atom stereocenters. The summed E-state index contributed by atoms with van der Waals surface area (Å²) < 4.78 is 13.3. The second-order valence-electron chi connectivity index (χ2n) is 3.32. The monoisotopic (exact) mass is 228 g/mol. The maximum absolute atomic E-state index is 13.3. The van der Waals surface area contributed by atoms with Crippen LogP contribution < -0.4 is 5.32 Å². The van der Waals surface area contributed by atoms with Crippen LogP contribution in [0.3, 0.4) is 0 Å². The Morgan fingerprint density at radius 3 is 2.94 bits per heavy atom. The van der Waals surface area contributed by atoms with E-state index >= 15 is 0 Å². The summed E-state index contributed by atoms with van der Waals surface area (Å²) in [6.45, 7) is 0.395. The molecule has 84 valence electrons. The zero-order chi connectivity index (χ0) is 12.1. The van der Waals surface area contributed by atoms with Crippen molar-refractivity contribution < 1.29 is 4.39 Å². The molecule has 1 N–H and O–H groups in total. The van der Waals surface area contributed by atoms with E-state index in [-0.39, 0.29) is 5.56 Å². The average Bonchev–Trinajstić information content (AvgIpc) is 2.37. The average molecular weight is 228 g/mol. The van der Waals surface area contributed by atoms with Crippen LogP contribution in [0.1, 0.15) is 11.3 Å². The summed E-state index contributed by atoms with van der Waals surface area (Å²) in [6, 6.07) is 6.28. The zero-order valence-electron chi connectivity index (χ0n) is 8.89. The molecule has 0 radical (unpaired) electrons. The van der Waals surface area contributed by atoms with Gasteiger partial charge in [0.2, 0.25) is 0 Å². The first kappa shape index (κ1) is 11.0. The van der Waals surface area contributed by atoms with Gasteiger partial charge in [-0.15, -0.1) is 0 Å². The largest absolute Gasteiger partial charge is 0.378 e. The van der Waals surface area contributed by atoms with Gasteiger partial charge in [-0.2, -0.15) is 5.26 Å². The Balaban J connectivity index is 2.15. The van der Waals surface area contributed by atoms with Crippen molar-refractivity contribution in [1.82, 2.24) is 9.97 Å². The molecule has 4 nitrogen and oxygen atoms in total. The van der Waals surface area contributed by atoms with Gasteiger partial charge >= 0.3 is 0 Å². The van der Waals surface area contributed by atoms with E-state index in [4.69, 9.17) is 5.26 Å². The van der Waals surface area contributed by atoms with E-state index in [2.05, 4.69) is 15.3 Å². The van der Waals surface area contributed by atoms with Gasteiger partial charge in [0.15, 0.2) is 0 Å². The highest BCUT2D eigenvalue weighted by molar-refractivity contribution is 5.57. The molecule has 0 fully saturated rings. The Labute approximate surface area is 97.8 Å². The minimum absolute atomic E-state index is 0.0105. The van der Waals surface area contributed by atoms with E-state index in [0.29, 0.717) is 12.2 Å². The Hall–Kier alpha value is -2.48. The molecule has 17 heavy (non-hydrogen) atoms. The number of aromatic nitrogens is 2. The number of hydrogen-bond donors (Lipinski definition) is 1. The standard InChI is InChI=1S/C12H9FN4/c13-11-2-1-3-12(10(11)6-14)17-8-9-7-15-4-5-16-9/h1-5,7,17H,8H2. The molecule has 5 heteroatoms. The number of nitrogens with zero attached hydrogens (tertiary/aromatic N) is 3. The summed E-state index contributed by atoms with van der Waals surface area (Å²) in [5.41, 5.74) is 1.19. The lowest BCUT2D eigenvalue weighted by atomic mass is 10.2. The van der Waals surface area contributed by atoms with Crippen molar-refractivity contribution in [3.05, 3.63) is 53.9 Å². The third-order valence-electron chi connectivity index (χ3n) is 2.20. The van der Waals surface area contributed by atoms with Gasteiger partial charge in [0.1, 0.15) is 17.4 Å². The van der Waals surface area contributed by atoms with Gasteiger partial charge in [0.25, 0.3) is 0 Å². The molecular weight excluding hydrogens is 219 g/mol. The van der Waals surface area contributed by atoms with Gasteiger partial charge in [-0.3, -0.25) is 9.97 Å². The summed E-state index contributed by atoms with van der Waals surface area (Å²) >= 11 is 0. The Bertz CT molecular complexity index is 548. The molecule has 0 aliphatic rings. The third-order valence-corrected chi connectivity index (χ3v) is 2.20. The molecule has 0 saturated heterocycles. The number of nitriles is 1. The van der Waals surface area contributed by atoms with Gasteiger partial charge in [-0.25, -0.2) is 4.39 Å². The van der Waals surface area contributed by atoms with Crippen LogP contribution in [-0.4, -0.2) is 9.97 Å². The van der Waals surface area contributed by atoms with Crippen LogP contribution in [0.25, 0.3) is 0 Å². The summed E-state index contributed by atoms with van der Waals surface area (Å²) in [5, 5.41) is 11.8. The van der Waals surface area contributed by atoms with Crippen molar-refractivity contribution in [2.45, 2.75) is 6.54 Å². The van der Waals surface area contributed by atoms with E-state index < -0.39 is 5.82 Å². The minimum Gasteiger partial charge on any atom is -0.378 e. The summed E-state index contributed by atoms with van der Waals surface area (Å²) in [4.78, 5) is 7.99. The predicted molar refractivity (Wildman–Crippen MR) is 60.5 cm³/mol. The fraction of sp³-hybridized carbons (Fsp3) is 0.0833. The van der Waals surface area contributed by atoms with Crippen LogP contribution in [0.5, 0.6) is 0 Å². The van der Waals surface area contributed by atoms with Crippen LogP contribution in [0.2, 0.25) is 0 Å². The van der Waals surface area contributed by atoms with Crippen LogP contribution >= 0.6 is 0 Å². The Kier molecular flexibility index (Phi) is 3.26. The van der Waals surface area contributed by atoms with Crippen molar-refractivity contribution in [3.63, 3.8) is 0 Å². The predicted octanol–water partition coefficient (Wildman–Crippen LogP) is 2.10. The molecule has 0 aliphatic heterocycles. The highest BCUT2D eigenvalue weighted by Crippen LogP contribution is 2.18. The first-order chi connectivity index (χ1) is 8.31. The smallest absolute Gasteiger partial charge is 0.143 e. The number of anilines is 1. The molecule has 1 heterocycles. The normalized spacial score (nSPS) is 9.65. The minimum atomic E-state index is -0.531. The highest BCUT2D eigenvalue weighted by Gasteiger charge is 2.07. The van der Waals surface area contributed by atoms with Gasteiger partial charge in [-0.05, 0) is 12.1 Å². The van der Waals surface area contributed by atoms with Crippen LogP contribution in [0, 0.1) is 17.1 Å². The molecule has 2 rings (SSSR count). The van der Waals surface area contributed by atoms with Crippen LogP contribution in [-0.2, 0) is 6.54 Å². The lowest BCUT2D eigenvalue weighted by molar-refractivity contribution is 0.624. The molecule has 0 unspecified atom stereocenters. The van der Waals surface area contributed by atoms with E-state index in [0.717, 1.165) is 5.69 Å². The first-order valence-electron chi connectivity index (χ1n) is 4.98. The topological polar surface area (TPSA) is 61.6 Å². The molecule has 0 spiro atoms. The number of nitrogens with one attached hydrogen (secondary N) is 1. The SMILES string of the molecule is N#Cc1c(F)cccc1NCc1cnccn1. The second-order valence-corrected chi connectivity index (χ2v) is 3.32. The fourth-order valence-electron chi connectivity index (χ4n) is 1.39. The fourth-order valence-corrected chi connectivity index (χ4v) is 1.39. The first-order valence-corrected chi connectivity index (χ1v) is 4.98. The maximum Gasteiger partial charge on any atom is 0.143 e.